The molecule has 0 aliphatic carbocycles. The summed E-state index contributed by atoms with van der Waals surface area (Å²) in [4.78, 5) is 0. The number of aryl methyl sites for hydroxylation is 1. The molecule has 0 unspecified atom stereocenters. The van der Waals surface area contributed by atoms with Crippen molar-refractivity contribution in [3.8, 4) is 17.2 Å². The molecule has 3 rings (SSSR count). The second-order valence-electron chi connectivity index (χ2n) is 5.09. The van der Waals surface area contributed by atoms with Gasteiger partial charge in [-0.15, -0.1) is 0 Å². The van der Waals surface area contributed by atoms with Gasteiger partial charge in [-0.05, 0) is 43.3 Å². The number of fused-ring (bicyclic) bond motifs is 1. The fourth-order valence-electron chi connectivity index (χ4n) is 2.66. The van der Waals surface area contributed by atoms with E-state index in [-0.39, 0.29) is 5.75 Å². The zero-order valence-electron chi connectivity index (χ0n) is 12.7. The molecule has 1 N–H and O–H groups in total. The third-order valence-corrected chi connectivity index (χ3v) is 3.71. The number of phenols is 1. The maximum absolute atomic E-state index is 9.61. The van der Waals surface area contributed by atoms with Crippen molar-refractivity contribution in [3.05, 3.63) is 54.2 Å². The van der Waals surface area contributed by atoms with Crippen molar-refractivity contribution in [2.45, 2.75) is 20.1 Å². The quantitative estimate of drug-likeness (QED) is 0.775. The Hall–Kier alpha value is -2.62. The molecule has 4 nitrogen and oxygen atoms in total. The summed E-state index contributed by atoms with van der Waals surface area (Å²) in [6.07, 6.45) is 0. The van der Waals surface area contributed by atoms with Crippen LogP contribution in [0.3, 0.4) is 0 Å². The number of methoxy groups -OCH3 is 1. The summed E-state index contributed by atoms with van der Waals surface area (Å²) in [7, 11) is 1.64. The molecule has 0 spiro atoms. The number of rotatable bonds is 5. The third kappa shape index (κ3) is 2.72. The van der Waals surface area contributed by atoms with Gasteiger partial charge in [0.2, 0.25) is 0 Å². The first-order valence-electron chi connectivity index (χ1n) is 7.29. The van der Waals surface area contributed by atoms with Crippen molar-refractivity contribution in [2.24, 2.45) is 0 Å². The van der Waals surface area contributed by atoms with E-state index in [1.54, 1.807) is 19.2 Å². The molecule has 0 atom stereocenters. The molecular weight excluding hydrogens is 278 g/mol. The summed E-state index contributed by atoms with van der Waals surface area (Å²) in [6, 6.07) is 15.0. The lowest BCUT2D eigenvalue weighted by Crippen LogP contribution is -2.04. The predicted octanol–water partition coefficient (Wildman–Crippen LogP) is 3.95. The van der Waals surface area contributed by atoms with Crippen LogP contribution in [0.1, 0.15) is 12.6 Å². The van der Waals surface area contributed by atoms with Gasteiger partial charge >= 0.3 is 0 Å². The molecule has 2 aromatic carbocycles. The van der Waals surface area contributed by atoms with Gasteiger partial charge in [-0.25, -0.2) is 0 Å². The van der Waals surface area contributed by atoms with Crippen LogP contribution in [-0.2, 0) is 13.2 Å². The van der Waals surface area contributed by atoms with Crippen LogP contribution < -0.4 is 9.47 Å². The lowest BCUT2D eigenvalue weighted by atomic mass is 10.2. The molecule has 0 aliphatic heterocycles. The SMILES string of the molecule is CCn1c(COc2cccc(OC)c2)cc2cc(O)ccc21. The first-order valence-corrected chi connectivity index (χ1v) is 7.29. The minimum absolute atomic E-state index is 0.279. The second-order valence-corrected chi connectivity index (χ2v) is 5.09. The molecular formula is C18H19NO3. The molecule has 0 aliphatic rings. The minimum atomic E-state index is 0.279. The maximum Gasteiger partial charge on any atom is 0.128 e. The smallest absolute Gasteiger partial charge is 0.128 e. The number of benzene rings is 2. The van der Waals surface area contributed by atoms with E-state index < -0.39 is 0 Å². The van der Waals surface area contributed by atoms with Crippen LogP contribution in [0.5, 0.6) is 17.2 Å². The Morgan fingerprint density at radius 2 is 1.86 bits per heavy atom. The Morgan fingerprint density at radius 3 is 2.64 bits per heavy atom. The number of ether oxygens (including phenoxy) is 2. The maximum atomic E-state index is 9.61. The first-order chi connectivity index (χ1) is 10.7. The standard InChI is InChI=1S/C18H19NO3/c1-3-19-14(9-13-10-15(20)7-8-18(13)19)12-22-17-6-4-5-16(11-17)21-2/h4-11,20H,3,12H2,1-2H3. The fourth-order valence-corrected chi connectivity index (χ4v) is 2.66. The van der Waals surface area contributed by atoms with Crippen LogP contribution in [-0.4, -0.2) is 16.8 Å². The zero-order chi connectivity index (χ0) is 15.5. The highest BCUT2D eigenvalue weighted by Gasteiger charge is 2.09. The average molecular weight is 297 g/mol. The summed E-state index contributed by atoms with van der Waals surface area (Å²) in [5, 5.41) is 10.6. The molecule has 1 heterocycles. The highest BCUT2D eigenvalue weighted by atomic mass is 16.5. The molecule has 0 saturated carbocycles. The van der Waals surface area contributed by atoms with Crippen LogP contribution in [0.25, 0.3) is 10.9 Å². The van der Waals surface area contributed by atoms with Gasteiger partial charge in [-0.1, -0.05) is 6.07 Å². The molecule has 0 radical (unpaired) electrons. The second kappa shape index (κ2) is 6.02. The van der Waals surface area contributed by atoms with Gasteiger partial charge < -0.3 is 19.1 Å². The van der Waals surface area contributed by atoms with Gasteiger partial charge in [-0.3, -0.25) is 0 Å². The normalized spacial score (nSPS) is 10.8. The van der Waals surface area contributed by atoms with E-state index in [4.69, 9.17) is 9.47 Å². The largest absolute Gasteiger partial charge is 0.508 e. The van der Waals surface area contributed by atoms with E-state index in [1.165, 1.54) is 0 Å². The van der Waals surface area contributed by atoms with Crippen LogP contribution in [0, 0.1) is 0 Å². The van der Waals surface area contributed by atoms with Crippen LogP contribution in [0.4, 0.5) is 0 Å². The summed E-state index contributed by atoms with van der Waals surface area (Å²) in [5.41, 5.74) is 2.18. The van der Waals surface area contributed by atoms with E-state index in [0.29, 0.717) is 6.61 Å². The van der Waals surface area contributed by atoms with E-state index in [1.807, 2.05) is 30.3 Å². The molecule has 22 heavy (non-hydrogen) atoms. The summed E-state index contributed by atoms with van der Waals surface area (Å²) in [6.45, 7) is 3.42. The van der Waals surface area contributed by atoms with Crippen molar-refractivity contribution in [3.63, 3.8) is 0 Å². The van der Waals surface area contributed by atoms with Gasteiger partial charge in [0.25, 0.3) is 0 Å². The van der Waals surface area contributed by atoms with Crippen LogP contribution >= 0.6 is 0 Å². The number of phenolic OH excluding ortho intramolecular Hbond substituents is 1. The third-order valence-electron chi connectivity index (χ3n) is 3.71. The van der Waals surface area contributed by atoms with Crippen LogP contribution in [0.2, 0.25) is 0 Å². The first kappa shape index (κ1) is 14.3. The number of aromatic nitrogens is 1. The summed E-state index contributed by atoms with van der Waals surface area (Å²) < 4.78 is 13.3. The van der Waals surface area contributed by atoms with E-state index in [9.17, 15) is 5.11 Å². The predicted molar refractivity (Wildman–Crippen MR) is 86.6 cm³/mol. The minimum Gasteiger partial charge on any atom is -0.508 e. The molecule has 4 heteroatoms. The van der Waals surface area contributed by atoms with E-state index in [2.05, 4.69) is 17.6 Å². The molecule has 0 fully saturated rings. The molecule has 3 aromatic rings. The van der Waals surface area contributed by atoms with Gasteiger partial charge in [0.1, 0.15) is 23.9 Å². The molecule has 0 saturated heterocycles. The van der Waals surface area contributed by atoms with Crippen LogP contribution in [0.15, 0.2) is 48.5 Å². The Labute approximate surface area is 129 Å². The molecule has 1 aromatic heterocycles. The highest BCUT2D eigenvalue weighted by molar-refractivity contribution is 5.82. The van der Waals surface area contributed by atoms with Crippen molar-refractivity contribution >= 4 is 10.9 Å². The monoisotopic (exact) mass is 297 g/mol. The van der Waals surface area contributed by atoms with Gasteiger partial charge in [0, 0.05) is 23.5 Å². The van der Waals surface area contributed by atoms with Gasteiger partial charge in [0.05, 0.1) is 12.8 Å². The lowest BCUT2D eigenvalue weighted by molar-refractivity contribution is 0.294. The Kier molecular flexibility index (Phi) is 3.92. The van der Waals surface area contributed by atoms with Gasteiger partial charge in [0.15, 0.2) is 0 Å². The lowest BCUT2D eigenvalue weighted by Gasteiger charge is -2.10. The number of hydrogen-bond acceptors (Lipinski definition) is 3. The highest BCUT2D eigenvalue weighted by Crippen LogP contribution is 2.26. The fraction of sp³-hybridized carbons (Fsp3) is 0.222. The van der Waals surface area contributed by atoms with Crippen molar-refractivity contribution in [1.82, 2.24) is 4.57 Å². The zero-order valence-corrected chi connectivity index (χ0v) is 12.7. The number of nitrogens with zero attached hydrogens (tertiary/aromatic N) is 1. The van der Waals surface area contributed by atoms with E-state index in [0.717, 1.165) is 34.6 Å². The number of hydrogen-bond donors (Lipinski definition) is 1. The van der Waals surface area contributed by atoms with Gasteiger partial charge in [-0.2, -0.15) is 0 Å². The Morgan fingerprint density at radius 1 is 1.05 bits per heavy atom. The summed E-state index contributed by atoms with van der Waals surface area (Å²) in [5.74, 6) is 1.83. The Bertz CT molecular complexity index is 792. The van der Waals surface area contributed by atoms with Crippen molar-refractivity contribution < 1.29 is 14.6 Å². The summed E-state index contributed by atoms with van der Waals surface area (Å²) >= 11 is 0. The Balaban J connectivity index is 1.86. The average Bonchev–Trinajstić information content (AvgIpc) is 2.89. The molecule has 0 amide bonds. The van der Waals surface area contributed by atoms with Crippen molar-refractivity contribution in [2.75, 3.05) is 7.11 Å². The topological polar surface area (TPSA) is 43.6 Å². The molecule has 114 valence electrons. The van der Waals surface area contributed by atoms with Crippen molar-refractivity contribution in [1.29, 1.82) is 0 Å². The number of aromatic hydroxyl groups is 1. The van der Waals surface area contributed by atoms with E-state index >= 15 is 0 Å². The molecule has 0 bridgehead atoms.